The molecule has 0 aromatic carbocycles. The van der Waals surface area contributed by atoms with Gasteiger partial charge in [0.2, 0.25) is 0 Å². The lowest BCUT2D eigenvalue weighted by Gasteiger charge is -2.24. The van der Waals surface area contributed by atoms with E-state index in [0.717, 1.165) is 32.1 Å². The van der Waals surface area contributed by atoms with Gasteiger partial charge < -0.3 is 18.9 Å². The van der Waals surface area contributed by atoms with Crippen LogP contribution in [0.15, 0.2) is 0 Å². The summed E-state index contributed by atoms with van der Waals surface area (Å²) in [5.41, 5.74) is 0. The molecule has 1 unspecified atom stereocenters. The second-order valence-electron chi connectivity index (χ2n) is 15.7. The predicted octanol–water partition coefficient (Wildman–Crippen LogP) is 11.6. The van der Waals surface area contributed by atoms with Gasteiger partial charge in [-0.2, -0.15) is 0 Å². The van der Waals surface area contributed by atoms with Gasteiger partial charge >= 0.3 is 19.8 Å². The topological polar surface area (TPSA) is 108 Å². The maximum Gasteiger partial charge on any atom is 0.472 e. The van der Waals surface area contributed by atoms with E-state index in [-0.39, 0.29) is 25.6 Å². The highest BCUT2D eigenvalue weighted by atomic mass is 31.2. The number of esters is 2. The molecule has 0 aromatic heterocycles. The fraction of sp³-hybridized carbons (Fsp3) is 0.951. The molecule has 10 heteroatoms. The maximum atomic E-state index is 12.6. The molecule has 0 aliphatic carbocycles. The Kier molecular flexibility index (Phi) is 34.1. The van der Waals surface area contributed by atoms with Crippen molar-refractivity contribution < 1.29 is 42.1 Å². The lowest BCUT2D eigenvalue weighted by Crippen LogP contribution is -2.37. The van der Waals surface area contributed by atoms with Gasteiger partial charge in [0.15, 0.2) is 6.10 Å². The third-order valence-electron chi connectivity index (χ3n) is 9.39. The van der Waals surface area contributed by atoms with Gasteiger partial charge in [-0.1, -0.05) is 174 Å². The molecule has 0 amide bonds. The molecule has 0 spiro atoms. The summed E-state index contributed by atoms with van der Waals surface area (Å²) in [6, 6.07) is 0. The molecule has 0 radical (unpaired) electrons. The van der Waals surface area contributed by atoms with E-state index < -0.39 is 26.5 Å². The quantitative estimate of drug-likeness (QED) is 0.0286. The average Bonchev–Trinajstić information content (AvgIpc) is 3.07. The van der Waals surface area contributed by atoms with Crippen LogP contribution in [0.4, 0.5) is 0 Å². The number of phosphoric ester groups is 1. The molecule has 0 fully saturated rings. The summed E-state index contributed by atoms with van der Waals surface area (Å²) in [5.74, 6) is -0.791. The number of carbonyl (C=O) groups excluding carboxylic acids is 2. The molecule has 2 atom stereocenters. The third-order valence-corrected chi connectivity index (χ3v) is 10.4. The second kappa shape index (κ2) is 34.8. The largest absolute Gasteiger partial charge is 0.472 e. The van der Waals surface area contributed by atoms with Crippen molar-refractivity contribution in [3.63, 3.8) is 0 Å². The van der Waals surface area contributed by atoms with Gasteiger partial charge in [-0.05, 0) is 12.8 Å². The summed E-state index contributed by atoms with van der Waals surface area (Å²) >= 11 is 0. The molecule has 304 valence electrons. The summed E-state index contributed by atoms with van der Waals surface area (Å²) in [5, 5.41) is 0. The lowest BCUT2D eigenvalue weighted by atomic mass is 10.0. The molecule has 0 bridgehead atoms. The Morgan fingerprint density at radius 2 is 0.882 bits per heavy atom. The van der Waals surface area contributed by atoms with E-state index in [1.165, 1.54) is 135 Å². The molecule has 0 saturated carbocycles. The zero-order valence-corrected chi connectivity index (χ0v) is 35.0. The maximum absolute atomic E-state index is 12.6. The lowest BCUT2D eigenvalue weighted by molar-refractivity contribution is -0.870. The summed E-state index contributed by atoms with van der Waals surface area (Å²) in [7, 11) is 1.49. The Bertz CT molecular complexity index is 850. The first-order valence-corrected chi connectivity index (χ1v) is 22.8. The molecule has 0 aromatic rings. The Morgan fingerprint density at radius 3 is 1.25 bits per heavy atom. The minimum Gasteiger partial charge on any atom is -0.462 e. The number of nitrogens with zero attached hydrogens (tertiary/aromatic N) is 1. The first-order chi connectivity index (χ1) is 24.5. The van der Waals surface area contributed by atoms with E-state index in [4.69, 9.17) is 18.5 Å². The van der Waals surface area contributed by atoms with Crippen molar-refractivity contribution in [2.45, 2.75) is 206 Å². The number of ether oxygens (including phenoxy) is 2. The minimum atomic E-state index is -4.36. The van der Waals surface area contributed by atoms with E-state index >= 15 is 0 Å². The molecular weight excluding hydrogens is 665 g/mol. The van der Waals surface area contributed by atoms with Gasteiger partial charge in [0.1, 0.15) is 19.8 Å². The van der Waals surface area contributed by atoms with Crippen LogP contribution in [0.2, 0.25) is 0 Å². The summed E-state index contributed by atoms with van der Waals surface area (Å²) in [4.78, 5) is 35.1. The van der Waals surface area contributed by atoms with Crippen LogP contribution in [0, 0.1) is 0 Å². The zero-order chi connectivity index (χ0) is 37.9. The summed E-state index contributed by atoms with van der Waals surface area (Å²) in [6.07, 6.45) is 33.1. The molecule has 51 heavy (non-hydrogen) atoms. The van der Waals surface area contributed by atoms with E-state index in [1.54, 1.807) is 0 Å². The van der Waals surface area contributed by atoms with Crippen molar-refractivity contribution in [3.05, 3.63) is 0 Å². The van der Waals surface area contributed by atoms with Crippen molar-refractivity contribution in [3.8, 4) is 0 Å². The number of unbranched alkanes of at least 4 members (excludes halogenated alkanes) is 25. The second-order valence-corrected chi connectivity index (χ2v) is 17.2. The number of hydrogen-bond acceptors (Lipinski definition) is 7. The van der Waals surface area contributed by atoms with Crippen LogP contribution < -0.4 is 0 Å². The number of rotatable bonds is 39. The van der Waals surface area contributed by atoms with Crippen molar-refractivity contribution in [2.75, 3.05) is 47.5 Å². The van der Waals surface area contributed by atoms with Crippen LogP contribution in [0.1, 0.15) is 200 Å². The third kappa shape index (κ3) is 38.5. The van der Waals surface area contributed by atoms with Gasteiger partial charge in [-0.25, -0.2) is 4.57 Å². The summed E-state index contributed by atoms with van der Waals surface area (Å²) in [6.45, 7) is 4.41. The zero-order valence-electron chi connectivity index (χ0n) is 34.1. The Hall–Kier alpha value is -0.990. The van der Waals surface area contributed by atoms with Crippen LogP contribution in [0.5, 0.6) is 0 Å². The number of carbonyl (C=O) groups is 2. The van der Waals surface area contributed by atoms with Crippen molar-refractivity contribution in [1.82, 2.24) is 0 Å². The van der Waals surface area contributed by atoms with Crippen LogP contribution in [0.3, 0.4) is 0 Å². The molecule has 0 saturated heterocycles. The van der Waals surface area contributed by atoms with Gasteiger partial charge in [0.05, 0.1) is 27.7 Å². The molecular formula is C41H83NO8P+. The molecule has 0 heterocycles. The van der Waals surface area contributed by atoms with Crippen molar-refractivity contribution in [2.24, 2.45) is 0 Å². The highest BCUT2D eigenvalue weighted by Crippen LogP contribution is 2.43. The summed E-state index contributed by atoms with van der Waals surface area (Å²) < 4.78 is 34.2. The first kappa shape index (κ1) is 50.0. The van der Waals surface area contributed by atoms with Gasteiger partial charge in [-0.3, -0.25) is 18.6 Å². The van der Waals surface area contributed by atoms with Gasteiger partial charge in [0.25, 0.3) is 0 Å². The average molecular weight is 749 g/mol. The normalized spacial score (nSPS) is 13.6. The number of hydrogen-bond donors (Lipinski definition) is 1. The number of phosphoric acid groups is 1. The molecule has 9 nitrogen and oxygen atoms in total. The number of likely N-dealkylation sites (N-methyl/N-ethyl adjacent to an activating group) is 1. The van der Waals surface area contributed by atoms with Gasteiger partial charge in [-0.15, -0.1) is 0 Å². The fourth-order valence-corrected chi connectivity index (χ4v) is 6.76. The SMILES string of the molecule is CCCCCCCCCCCCCCCCCCCCCC(=O)OC[C@@H](COP(=O)(O)OCC[N+](C)(C)C)OC(=O)CCCCCCCCCC. The highest BCUT2D eigenvalue weighted by Gasteiger charge is 2.27. The predicted molar refractivity (Wildman–Crippen MR) is 211 cm³/mol. The van der Waals surface area contributed by atoms with E-state index in [1.807, 2.05) is 21.1 Å². The van der Waals surface area contributed by atoms with Crippen LogP contribution >= 0.6 is 7.82 Å². The Labute approximate surface area is 314 Å². The fourth-order valence-electron chi connectivity index (χ4n) is 6.01. The molecule has 0 rings (SSSR count). The van der Waals surface area contributed by atoms with Crippen molar-refractivity contribution in [1.29, 1.82) is 0 Å². The first-order valence-electron chi connectivity index (χ1n) is 21.3. The highest BCUT2D eigenvalue weighted by molar-refractivity contribution is 7.47. The van der Waals surface area contributed by atoms with Crippen LogP contribution in [-0.4, -0.2) is 74.9 Å². The van der Waals surface area contributed by atoms with E-state index in [2.05, 4.69) is 13.8 Å². The van der Waals surface area contributed by atoms with Gasteiger partial charge in [0, 0.05) is 12.8 Å². The smallest absolute Gasteiger partial charge is 0.462 e. The molecule has 0 aliphatic rings. The van der Waals surface area contributed by atoms with E-state index in [9.17, 15) is 19.0 Å². The monoisotopic (exact) mass is 749 g/mol. The Morgan fingerprint density at radius 1 is 0.529 bits per heavy atom. The Balaban J connectivity index is 4.19. The van der Waals surface area contributed by atoms with Crippen LogP contribution in [0.25, 0.3) is 0 Å². The molecule has 1 N–H and O–H groups in total. The number of quaternary nitrogens is 1. The standard InChI is InChI=1S/C41H82NO8P/c1-6-8-10-12-14-16-17-18-19-20-21-22-23-24-25-26-28-29-31-33-40(43)47-37-39(38-49-51(45,46)48-36-35-42(3,4)5)50-41(44)34-32-30-27-15-13-11-9-7-2/h39H,6-38H2,1-5H3/p+1/t39-/m0/s1. The minimum absolute atomic E-state index is 0.0363. The van der Waals surface area contributed by atoms with E-state index in [0.29, 0.717) is 23.9 Å². The van der Waals surface area contributed by atoms with Crippen LogP contribution in [-0.2, 0) is 32.7 Å². The van der Waals surface area contributed by atoms with Crippen molar-refractivity contribution >= 4 is 19.8 Å². The molecule has 0 aliphatic heterocycles.